The summed E-state index contributed by atoms with van der Waals surface area (Å²) in [7, 11) is 4.11. The van der Waals surface area contributed by atoms with Crippen LogP contribution in [0.5, 0.6) is 0 Å². The Bertz CT molecular complexity index is 579. The quantitative estimate of drug-likeness (QED) is 0.908. The zero-order valence-corrected chi connectivity index (χ0v) is 12.7. The second kappa shape index (κ2) is 6.37. The van der Waals surface area contributed by atoms with Crippen molar-refractivity contribution >= 4 is 0 Å². The van der Waals surface area contributed by atoms with Crippen molar-refractivity contribution in [2.45, 2.75) is 38.4 Å². The van der Waals surface area contributed by atoms with Crippen LogP contribution in [0.3, 0.4) is 0 Å². The molecule has 0 spiro atoms. The van der Waals surface area contributed by atoms with Gasteiger partial charge in [-0.25, -0.2) is 0 Å². The Kier molecular flexibility index (Phi) is 4.31. The molecule has 1 unspecified atom stereocenters. The first kappa shape index (κ1) is 14.2. The van der Waals surface area contributed by atoms with Crippen LogP contribution < -0.4 is 5.32 Å². The molecule has 0 saturated heterocycles. The zero-order chi connectivity index (χ0) is 14.7. The number of fused-ring (bicyclic) bond motifs is 1. The zero-order valence-electron chi connectivity index (χ0n) is 12.7. The van der Waals surface area contributed by atoms with Crippen LogP contribution in [-0.4, -0.2) is 35.2 Å². The molecule has 0 aromatic carbocycles. The van der Waals surface area contributed by atoms with E-state index < -0.39 is 0 Å². The molecule has 0 bridgehead atoms. The summed E-state index contributed by atoms with van der Waals surface area (Å²) in [5, 5.41) is 7.84. The molecular formula is C16H22N4O. The molecule has 21 heavy (non-hydrogen) atoms. The minimum absolute atomic E-state index is 0.472. The molecule has 3 rings (SSSR count). The Morgan fingerprint density at radius 2 is 2.29 bits per heavy atom. The molecule has 0 fully saturated rings. The molecule has 1 atom stereocenters. The van der Waals surface area contributed by atoms with Crippen molar-refractivity contribution in [1.82, 2.24) is 20.4 Å². The van der Waals surface area contributed by atoms with Gasteiger partial charge < -0.3 is 14.7 Å². The highest BCUT2D eigenvalue weighted by molar-refractivity contribution is 5.27. The summed E-state index contributed by atoms with van der Waals surface area (Å²) in [5.41, 5.74) is 3.47. The van der Waals surface area contributed by atoms with E-state index in [1.165, 1.54) is 5.56 Å². The topological polar surface area (TPSA) is 54.2 Å². The molecule has 112 valence electrons. The van der Waals surface area contributed by atoms with Crippen LogP contribution in [0.2, 0.25) is 0 Å². The third-order valence-electron chi connectivity index (χ3n) is 3.89. The monoisotopic (exact) mass is 286 g/mol. The Labute approximate surface area is 125 Å². The lowest BCUT2D eigenvalue weighted by molar-refractivity contribution is 0.339. The molecule has 5 nitrogen and oxygen atoms in total. The van der Waals surface area contributed by atoms with E-state index in [1.807, 2.05) is 18.3 Å². The highest BCUT2D eigenvalue weighted by atomic mass is 16.5. The maximum atomic E-state index is 5.48. The predicted octanol–water partition coefficient (Wildman–Crippen LogP) is 1.78. The fraction of sp³-hybridized carbons (Fsp3) is 0.500. The number of nitrogens with one attached hydrogen (secondary N) is 1. The fourth-order valence-electron chi connectivity index (χ4n) is 2.81. The van der Waals surface area contributed by atoms with E-state index in [0.717, 1.165) is 49.5 Å². The van der Waals surface area contributed by atoms with Crippen molar-refractivity contribution in [1.29, 1.82) is 0 Å². The van der Waals surface area contributed by atoms with E-state index in [1.54, 1.807) is 0 Å². The largest absolute Gasteiger partial charge is 0.361 e. The molecule has 1 aliphatic rings. The van der Waals surface area contributed by atoms with Gasteiger partial charge in [-0.3, -0.25) is 4.98 Å². The number of nitrogens with zero attached hydrogens (tertiary/aromatic N) is 3. The van der Waals surface area contributed by atoms with Crippen LogP contribution in [0, 0.1) is 0 Å². The van der Waals surface area contributed by atoms with Crippen LogP contribution in [0.15, 0.2) is 28.9 Å². The molecule has 2 heterocycles. The first-order chi connectivity index (χ1) is 10.2. The highest BCUT2D eigenvalue weighted by Crippen LogP contribution is 2.25. The van der Waals surface area contributed by atoms with Gasteiger partial charge in [-0.1, -0.05) is 11.2 Å². The highest BCUT2D eigenvalue weighted by Gasteiger charge is 2.25. The van der Waals surface area contributed by atoms with E-state index in [0.29, 0.717) is 6.04 Å². The molecule has 2 aromatic rings. The van der Waals surface area contributed by atoms with Gasteiger partial charge in [-0.15, -0.1) is 0 Å². The Morgan fingerprint density at radius 1 is 1.38 bits per heavy atom. The van der Waals surface area contributed by atoms with E-state index in [2.05, 4.69) is 40.5 Å². The van der Waals surface area contributed by atoms with E-state index in [9.17, 15) is 0 Å². The lowest BCUT2D eigenvalue weighted by atomic mass is 9.92. The normalized spacial score (nSPS) is 18.0. The van der Waals surface area contributed by atoms with Crippen LogP contribution in [0.4, 0.5) is 0 Å². The number of hydrogen-bond acceptors (Lipinski definition) is 5. The van der Waals surface area contributed by atoms with Gasteiger partial charge in [-0.05, 0) is 39.1 Å². The SMILES string of the molecule is CN(C)Cc1noc2c1CC(NCc1ccccn1)CC2. The van der Waals surface area contributed by atoms with Crippen molar-refractivity contribution in [3.63, 3.8) is 0 Å². The molecule has 0 aliphatic heterocycles. The number of rotatable bonds is 5. The lowest BCUT2D eigenvalue weighted by Crippen LogP contribution is -2.34. The summed E-state index contributed by atoms with van der Waals surface area (Å²) >= 11 is 0. The lowest BCUT2D eigenvalue weighted by Gasteiger charge is -2.23. The summed E-state index contributed by atoms with van der Waals surface area (Å²) in [4.78, 5) is 6.48. The molecule has 0 saturated carbocycles. The van der Waals surface area contributed by atoms with E-state index in [4.69, 9.17) is 4.52 Å². The molecule has 5 heteroatoms. The van der Waals surface area contributed by atoms with E-state index >= 15 is 0 Å². The average Bonchev–Trinajstić information content (AvgIpc) is 2.88. The first-order valence-electron chi connectivity index (χ1n) is 7.46. The van der Waals surface area contributed by atoms with Crippen LogP contribution in [0.25, 0.3) is 0 Å². The van der Waals surface area contributed by atoms with Crippen molar-refractivity contribution in [2.24, 2.45) is 0 Å². The van der Waals surface area contributed by atoms with Crippen LogP contribution in [-0.2, 0) is 25.9 Å². The molecule has 0 amide bonds. The average molecular weight is 286 g/mol. The summed E-state index contributed by atoms with van der Waals surface area (Å²) in [6, 6.07) is 6.50. The molecule has 1 aliphatic carbocycles. The fourth-order valence-corrected chi connectivity index (χ4v) is 2.81. The van der Waals surface area contributed by atoms with Gasteiger partial charge >= 0.3 is 0 Å². The number of aromatic nitrogens is 2. The van der Waals surface area contributed by atoms with Crippen molar-refractivity contribution in [3.8, 4) is 0 Å². The smallest absolute Gasteiger partial charge is 0.140 e. The molecule has 1 N–H and O–H groups in total. The van der Waals surface area contributed by atoms with Gasteiger partial charge in [0.1, 0.15) is 11.5 Å². The Morgan fingerprint density at radius 3 is 3.05 bits per heavy atom. The second-order valence-corrected chi connectivity index (χ2v) is 5.91. The minimum Gasteiger partial charge on any atom is -0.361 e. The van der Waals surface area contributed by atoms with Crippen LogP contribution >= 0.6 is 0 Å². The van der Waals surface area contributed by atoms with Gasteiger partial charge in [0.25, 0.3) is 0 Å². The first-order valence-corrected chi connectivity index (χ1v) is 7.46. The summed E-state index contributed by atoms with van der Waals surface area (Å²) in [5.74, 6) is 1.07. The van der Waals surface area contributed by atoms with Gasteiger partial charge in [0.2, 0.25) is 0 Å². The van der Waals surface area contributed by atoms with Gasteiger partial charge in [0.15, 0.2) is 0 Å². The summed E-state index contributed by atoms with van der Waals surface area (Å²) < 4.78 is 5.48. The van der Waals surface area contributed by atoms with E-state index in [-0.39, 0.29) is 0 Å². The summed E-state index contributed by atoms with van der Waals surface area (Å²) in [6.45, 7) is 1.65. The Balaban J connectivity index is 1.62. The van der Waals surface area contributed by atoms with Crippen molar-refractivity contribution < 1.29 is 4.52 Å². The standard InChI is InChI=1S/C16H22N4O/c1-20(2)11-15-14-9-12(6-7-16(14)21-19-15)18-10-13-5-3-4-8-17-13/h3-5,8,12,18H,6-7,9-11H2,1-2H3. The molecule has 0 radical (unpaired) electrons. The van der Waals surface area contributed by atoms with Gasteiger partial charge in [0, 0.05) is 37.3 Å². The van der Waals surface area contributed by atoms with Crippen molar-refractivity contribution in [2.75, 3.05) is 14.1 Å². The van der Waals surface area contributed by atoms with Crippen molar-refractivity contribution in [3.05, 3.63) is 47.1 Å². The Hall–Kier alpha value is -1.72. The predicted molar refractivity (Wildman–Crippen MR) is 80.8 cm³/mol. The second-order valence-electron chi connectivity index (χ2n) is 5.91. The van der Waals surface area contributed by atoms with Crippen LogP contribution in [0.1, 0.15) is 29.1 Å². The third-order valence-corrected chi connectivity index (χ3v) is 3.89. The maximum absolute atomic E-state index is 5.48. The van der Waals surface area contributed by atoms with Gasteiger partial charge in [-0.2, -0.15) is 0 Å². The third kappa shape index (κ3) is 3.49. The minimum atomic E-state index is 0.472. The van der Waals surface area contributed by atoms with Gasteiger partial charge in [0.05, 0.1) is 5.69 Å². The number of aryl methyl sites for hydroxylation is 1. The summed E-state index contributed by atoms with van der Waals surface area (Å²) in [6.07, 6.45) is 4.89. The molecule has 2 aromatic heterocycles. The molecular weight excluding hydrogens is 264 g/mol. The number of pyridine rings is 1. The number of hydrogen-bond donors (Lipinski definition) is 1. The maximum Gasteiger partial charge on any atom is 0.140 e.